The quantitative estimate of drug-likeness (QED) is 0.338. The molecule has 0 spiro atoms. The predicted octanol–water partition coefficient (Wildman–Crippen LogP) is 3.53. The lowest BCUT2D eigenvalue weighted by Crippen LogP contribution is -2.40. The van der Waals surface area contributed by atoms with Crippen LogP contribution in [0.1, 0.15) is 23.0 Å². The monoisotopic (exact) mass is 585 g/mol. The fourth-order valence-corrected chi connectivity index (χ4v) is 5.19. The van der Waals surface area contributed by atoms with E-state index in [-0.39, 0.29) is 46.3 Å². The molecule has 1 atom stereocenters. The summed E-state index contributed by atoms with van der Waals surface area (Å²) >= 11 is 0. The Hall–Kier alpha value is -3.41. The molecule has 2 aromatic heterocycles. The molecule has 1 saturated heterocycles. The Labute approximate surface area is 228 Å². The van der Waals surface area contributed by atoms with Gasteiger partial charge in [-0.3, -0.25) is 4.90 Å². The number of ether oxygens (including phenoxy) is 1. The molecule has 0 radical (unpaired) electrons. The summed E-state index contributed by atoms with van der Waals surface area (Å²) in [5.74, 6) is 2.39. The van der Waals surface area contributed by atoms with Crippen LogP contribution in [0.4, 0.5) is 27.6 Å². The maximum absolute atomic E-state index is 15.1. The van der Waals surface area contributed by atoms with Crippen LogP contribution in [0, 0.1) is 11.8 Å². The van der Waals surface area contributed by atoms with Crippen LogP contribution in [0.5, 0.6) is 5.75 Å². The van der Waals surface area contributed by atoms with Gasteiger partial charge in [-0.2, -0.15) is 13.2 Å². The highest BCUT2D eigenvalue weighted by molar-refractivity contribution is 7.90. The van der Waals surface area contributed by atoms with E-state index in [9.17, 15) is 21.6 Å². The smallest absolute Gasteiger partial charge is 0.394 e. The number of fused-ring (bicyclic) bond motifs is 1. The number of aromatic nitrogens is 2. The predicted molar refractivity (Wildman–Crippen MR) is 140 cm³/mol. The standard InChI is InChI=1S/C26H28F5N5O3S/c1-35-13-11-33-23(25(27,28)16-35)18-6-5-12-36-21(15-26(29,30)31)19(34-24(18)36)7-4-10-32-20-9-8-17(40(3,37)38)14-22(20)39-2/h5-6,8-9,12,14,23,32-33H,10-11,13,15-16H2,1-3H3/t23-/m0/s1. The minimum Gasteiger partial charge on any atom is -0.495 e. The molecule has 0 bridgehead atoms. The molecule has 3 aromatic rings. The van der Waals surface area contributed by atoms with E-state index >= 15 is 8.78 Å². The highest BCUT2D eigenvalue weighted by atomic mass is 32.2. The first-order valence-corrected chi connectivity index (χ1v) is 14.1. The molecule has 0 unspecified atom stereocenters. The summed E-state index contributed by atoms with van der Waals surface area (Å²) in [5, 5.41) is 5.75. The minimum atomic E-state index is -4.59. The summed E-state index contributed by atoms with van der Waals surface area (Å²) in [5.41, 5.74) is 0.0246. The van der Waals surface area contributed by atoms with Crippen molar-refractivity contribution in [3.05, 3.63) is 53.5 Å². The van der Waals surface area contributed by atoms with E-state index in [1.54, 1.807) is 7.05 Å². The molecule has 3 heterocycles. The van der Waals surface area contributed by atoms with Crippen molar-refractivity contribution >= 4 is 21.2 Å². The van der Waals surface area contributed by atoms with Crippen LogP contribution in [0.3, 0.4) is 0 Å². The zero-order valence-electron chi connectivity index (χ0n) is 21.9. The highest BCUT2D eigenvalue weighted by Crippen LogP contribution is 2.36. The fraction of sp³-hybridized carbons (Fsp3) is 0.423. The number of alkyl halides is 5. The topological polar surface area (TPSA) is 88.0 Å². The van der Waals surface area contributed by atoms with E-state index in [4.69, 9.17) is 4.74 Å². The number of halogens is 5. The van der Waals surface area contributed by atoms with Crippen molar-refractivity contribution in [2.45, 2.75) is 29.5 Å². The van der Waals surface area contributed by atoms with Crippen molar-refractivity contribution in [2.75, 3.05) is 51.9 Å². The van der Waals surface area contributed by atoms with Gasteiger partial charge >= 0.3 is 6.18 Å². The fourth-order valence-electron chi connectivity index (χ4n) is 4.55. The zero-order chi connectivity index (χ0) is 29.3. The number of pyridine rings is 1. The Morgan fingerprint density at radius 2 is 2.02 bits per heavy atom. The molecule has 216 valence electrons. The van der Waals surface area contributed by atoms with Gasteiger partial charge < -0.3 is 19.8 Å². The molecule has 0 saturated carbocycles. The molecule has 8 nitrogen and oxygen atoms in total. The van der Waals surface area contributed by atoms with Gasteiger partial charge in [-0.15, -0.1) is 0 Å². The molecule has 1 aliphatic heterocycles. The number of nitrogens with zero attached hydrogens (tertiary/aromatic N) is 3. The molecule has 14 heteroatoms. The second kappa shape index (κ2) is 11.2. The molecule has 0 amide bonds. The third-order valence-corrected chi connectivity index (χ3v) is 7.49. The zero-order valence-corrected chi connectivity index (χ0v) is 22.8. The third kappa shape index (κ3) is 6.65. The Morgan fingerprint density at radius 3 is 2.70 bits per heavy atom. The largest absolute Gasteiger partial charge is 0.495 e. The van der Waals surface area contributed by atoms with Crippen LogP contribution < -0.4 is 15.4 Å². The van der Waals surface area contributed by atoms with Crippen molar-refractivity contribution in [1.29, 1.82) is 0 Å². The average Bonchev–Trinajstić information content (AvgIpc) is 3.11. The number of imidazole rings is 1. The van der Waals surface area contributed by atoms with Gasteiger partial charge in [0.15, 0.2) is 9.84 Å². The van der Waals surface area contributed by atoms with Gasteiger partial charge in [-0.05, 0) is 31.2 Å². The third-order valence-electron chi connectivity index (χ3n) is 6.38. The van der Waals surface area contributed by atoms with Crippen molar-refractivity contribution in [3.63, 3.8) is 0 Å². The SMILES string of the molecule is COc1cc(S(C)(=O)=O)ccc1NCC#Cc1nc2c([C@@H]3NCCN(C)CC3(F)F)cccn2c1CC(F)(F)F. The van der Waals surface area contributed by atoms with Crippen molar-refractivity contribution in [1.82, 2.24) is 19.6 Å². The number of anilines is 1. The summed E-state index contributed by atoms with van der Waals surface area (Å²) in [6.45, 7) is 0.0828. The van der Waals surface area contributed by atoms with Crippen LogP contribution in [-0.4, -0.2) is 81.4 Å². The van der Waals surface area contributed by atoms with E-state index in [0.717, 1.165) is 6.26 Å². The van der Waals surface area contributed by atoms with Crippen LogP contribution in [0.15, 0.2) is 41.4 Å². The number of rotatable bonds is 6. The lowest BCUT2D eigenvalue weighted by atomic mass is 10.0. The van der Waals surface area contributed by atoms with Crippen LogP contribution >= 0.6 is 0 Å². The van der Waals surface area contributed by atoms with E-state index in [0.29, 0.717) is 12.2 Å². The van der Waals surface area contributed by atoms with Gasteiger partial charge in [0.05, 0.1) is 42.9 Å². The van der Waals surface area contributed by atoms with Gasteiger partial charge in [0, 0.05) is 37.2 Å². The molecule has 2 N–H and O–H groups in total. The molecular weight excluding hydrogens is 557 g/mol. The van der Waals surface area contributed by atoms with Crippen molar-refractivity contribution < 1.29 is 35.1 Å². The minimum absolute atomic E-state index is 0.0289. The van der Waals surface area contributed by atoms with Gasteiger partial charge in [0.2, 0.25) is 0 Å². The van der Waals surface area contributed by atoms with E-state index < -0.39 is 40.9 Å². The van der Waals surface area contributed by atoms with Crippen LogP contribution in [0.25, 0.3) is 5.65 Å². The number of nitrogens with one attached hydrogen (secondary N) is 2. The highest BCUT2D eigenvalue weighted by Gasteiger charge is 2.44. The van der Waals surface area contributed by atoms with Crippen LogP contribution in [-0.2, 0) is 16.3 Å². The summed E-state index contributed by atoms with van der Waals surface area (Å²) < 4.78 is 101. The summed E-state index contributed by atoms with van der Waals surface area (Å²) in [7, 11) is -0.524. The summed E-state index contributed by atoms with van der Waals surface area (Å²) in [6, 6.07) is 5.61. The first kappa shape index (κ1) is 29.6. The van der Waals surface area contributed by atoms with Gasteiger partial charge in [0.1, 0.15) is 23.1 Å². The van der Waals surface area contributed by atoms with Gasteiger partial charge in [-0.1, -0.05) is 12.0 Å². The average molecular weight is 586 g/mol. The number of likely N-dealkylation sites (N-methyl/N-ethyl adjacent to an activating group) is 1. The lowest BCUT2D eigenvalue weighted by molar-refractivity contribution is -0.128. The van der Waals surface area contributed by atoms with E-state index in [1.807, 2.05) is 0 Å². The van der Waals surface area contributed by atoms with Gasteiger partial charge in [-0.25, -0.2) is 22.2 Å². The number of methoxy groups -OCH3 is 1. The van der Waals surface area contributed by atoms with E-state index in [2.05, 4.69) is 27.5 Å². The Kier molecular flexibility index (Phi) is 8.30. The van der Waals surface area contributed by atoms with E-state index in [1.165, 1.54) is 52.9 Å². The molecule has 1 fully saturated rings. The molecule has 1 aromatic carbocycles. The lowest BCUT2D eigenvalue weighted by Gasteiger charge is -2.27. The normalized spacial score (nSPS) is 18.1. The summed E-state index contributed by atoms with van der Waals surface area (Å²) in [4.78, 5) is 5.83. The van der Waals surface area contributed by atoms with Crippen molar-refractivity contribution in [3.8, 4) is 17.6 Å². The van der Waals surface area contributed by atoms with Crippen LogP contribution in [0.2, 0.25) is 0 Å². The maximum Gasteiger partial charge on any atom is 0.394 e. The molecule has 0 aliphatic carbocycles. The Morgan fingerprint density at radius 1 is 1.27 bits per heavy atom. The molecule has 4 rings (SSSR count). The van der Waals surface area contributed by atoms with Crippen molar-refractivity contribution in [2.24, 2.45) is 0 Å². The molecule has 40 heavy (non-hydrogen) atoms. The van der Waals surface area contributed by atoms with Gasteiger partial charge in [0.25, 0.3) is 5.92 Å². The number of benzene rings is 1. The molecular formula is C26H28F5N5O3S. The number of hydrogen-bond acceptors (Lipinski definition) is 7. The second-order valence-corrected chi connectivity index (χ2v) is 11.5. The first-order chi connectivity index (χ1) is 18.7. The molecule has 1 aliphatic rings. The Balaban J connectivity index is 1.69. The Bertz CT molecular complexity index is 1560. The number of hydrogen-bond donors (Lipinski definition) is 2. The maximum atomic E-state index is 15.1. The summed E-state index contributed by atoms with van der Waals surface area (Å²) in [6.07, 6.45) is -3.54. The first-order valence-electron chi connectivity index (χ1n) is 12.2. The second-order valence-electron chi connectivity index (χ2n) is 9.53. The number of sulfone groups is 1.